The molecule has 1 heterocycles. The molecule has 346 valence electrons. The molecule has 0 fully saturated rings. The summed E-state index contributed by atoms with van der Waals surface area (Å²) < 4.78 is 6.00. The molecule has 0 spiro atoms. The summed E-state index contributed by atoms with van der Waals surface area (Å²) in [7, 11) is 4.35. The lowest BCUT2D eigenvalue weighted by Crippen LogP contribution is -2.60. The van der Waals surface area contributed by atoms with E-state index in [-0.39, 0.29) is 30.8 Å². The standard InChI is InChI=1S/C46H71ClN6O9/c1-15-27(5)38-41(57)50-46(10,11)45(61)62-39(28(6)16-2)30(8)36(54)22-17-29(7)42(58)52(13)34(23-26(3)4)40(56)48-31(9)43(59)53(14)35(24-32-18-20-33(47)21-19-32)44(60)51(12)25-37(55)49-38/h16-21,26-27,30-31,34-36,38-39,54H,15,22-25H2,1-14H3,(H,48,56)(H,49,55)(H,50,57)/b28-16+,29-17+/t27-,30-,31-,34+,35+,36-,38?,39+/m0/s1. The number of carbonyl (C=O) groups excluding carboxylic acids is 7. The van der Waals surface area contributed by atoms with Crippen LogP contribution in [0.25, 0.3) is 0 Å². The molecular formula is C46H71ClN6O9. The molecule has 62 heavy (non-hydrogen) atoms. The summed E-state index contributed by atoms with van der Waals surface area (Å²) in [5.74, 6) is -5.39. The molecule has 1 aromatic rings. The van der Waals surface area contributed by atoms with Crippen LogP contribution in [0.3, 0.4) is 0 Å². The second-order valence-electron chi connectivity index (χ2n) is 17.7. The Balaban J connectivity index is 2.71. The number of hydrogen-bond acceptors (Lipinski definition) is 9. The summed E-state index contributed by atoms with van der Waals surface area (Å²) in [5.41, 5.74) is 0.00168. The fraction of sp³-hybridized carbons (Fsp3) is 0.630. The number of nitrogens with one attached hydrogen (secondary N) is 3. The first kappa shape index (κ1) is 53.4. The predicted octanol–water partition coefficient (Wildman–Crippen LogP) is 4.20. The van der Waals surface area contributed by atoms with Gasteiger partial charge in [-0.3, -0.25) is 28.8 Å². The Morgan fingerprint density at radius 1 is 0.935 bits per heavy atom. The third-order valence-electron chi connectivity index (χ3n) is 11.7. The summed E-state index contributed by atoms with van der Waals surface area (Å²) in [4.78, 5) is 101. The van der Waals surface area contributed by atoms with Gasteiger partial charge in [0.2, 0.25) is 35.4 Å². The van der Waals surface area contributed by atoms with E-state index in [0.29, 0.717) is 22.6 Å². The highest BCUT2D eigenvalue weighted by molar-refractivity contribution is 6.30. The topological polar surface area (TPSA) is 195 Å². The average molecular weight is 888 g/mol. The van der Waals surface area contributed by atoms with Crippen molar-refractivity contribution in [1.29, 1.82) is 0 Å². The zero-order valence-electron chi connectivity index (χ0n) is 39.1. The highest BCUT2D eigenvalue weighted by Crippen LogP contribution is 2.25. The van der Waals surface area contributed by atoms with Crippen molar-refractivity contribution in [3.63, 3.8) is 0 Å². The predicted molar refractivity (Wildman–Crippen MR) is 239 cm³/mol. The van der Waals surface area contributed by atoms with Crippen molar-refractivity contribution < 1.29 is 43.4 Å². The lowest BCUT2D eigenvalue weighted by Gasteiger charge is -2.35. The number of cyclic esters (lactones) is 1. The Morgan fingerprint density at radius 3 is 2.08 bits per heavy atom. The molecule has 15 nitrogen and oxygen atoms in total. The monoisotopic (exact) mass is 886 g/mol. The third-order valence-corrected chi connectivity index (χ3v) is 11.9. The Kier molecular flexibility index (Phi) is 20.3. The van der Waals surface area contributed by atoms with Gasteiger partial charge in [-0.25, -0.2) is 4.79 Å². The quantitative estimate of drug-likeness (QED) is 0.230. The molecule has 1 aliphatic heterocycles. The molecule has 0 saturated heterocycles. The molecule has 8 atom stereocenters. The number of allylic oxidation sites excluding steroid dienone is 1. The van der Waals surface area contributed by atoms with Crippen LogP contribution in [0.2, 0.25) is 5.02 Å². The second-order valence-corrected chi connectivity index (χ2v) is 18.2. The Labute approximate surface area is 373 Å². The maximum Gasteiger partial charge on any atom is 0.331 e. The van der Waals surface area contributed by atoms with Gasteiger partial charge < -0.3 is 40.5 Å². The highest BCUT2D eigenvalue weighted by atomic mass is 35.5. The molecule has 16 heteroatoms. The smallest absolute Gasteiger partial charge is 0.331 e. The number of aliphatic hydroxyl groups excluding tert-OH is 1. The number of ether oxygens (including phenoxy) is 1. The molecule has 0 radical (unpaired) electrons. The van der Waals surface area contributed by atoms with Gasteiger partial charge in [-0.1, -0.05) is 76.9 Å². The fourth-order valence-electron chi connectivity index (χ4n) is 7.12. The van der Waals surface area contributed by atoms with Crippen molar-refractivity contribution in [2.75, 3.05) is 27.7 Å². The first-order chi connectivity index (χ1) is 28.8. The summed E-state index contributed by atoms with van der Waals surface area (Å²) >= 11 is 6.13. The maximum absolute atomic E-state index is 14.3. The van der Waals surface area contributed by atoms with Crippen LogP contribution in [0.5, 0.6) is 0 Å². The molecule has 0 bridgehead atoms. The van der Waals surface area contributed by atoms with E-state index in [1.165, 1.54) is 51.7 Å². The Bertz CT molecular complexity index is 1830. The Morgan fingerprint density at radius 2 is 1.53 bits per heavy atom. The van der Waals surface area contributed by atoms with Crippen molar-refractivity contribution in [3.8, 4) is 0 Å². The molecule has 0 saturated carbocycles. The van der Waals surface area contributed by atoms with Crippen LogP contribution in [0.15, 0.2) is 47.6 Å². The molecule has 1 aliphatic rings. The Hall–Kier alpha value is -4.76. The normalized spacial score (nSPS) is 27.9. The third kappa shape index (κ3) is 14.7. The van der Waals surface area contributed by atoms with Gasteiger partial charge in [0.25, 0.3) is 0 Å². The number of esters is 1. The van der Waals surface area contributed by atoms with Crippen molar-refractivity contribution in [2.24, 2.45) is 17.8 Å². The molecule has 0 aromatic heterocycles. The zero-order valence-corrected chi connectivity index (χ0v) is 39.9. The molecule has 4 N–H and O–H groups in total. The van der Waals surface area contributed by atoms with Gasteiger partial charge in [0.15, 0.2) is 0 Å². The molecule has 1 unspecified atom stereocenters. The lowest BCUT2D eigenvalue weighted by molar-refractivity contribution is -0.159. The van der Waals surface area contributed by atoms with Crippen LogP contribution in [-0.4, -0.2) is 131 Å². The van der Waals surface area contributed by atoms with E-state index in [9.17, 15) is 38.7 Å². The number of aliphatic hydroxyl groups is 1. The number of hydrogen-bond donors (Lipinski definition) is 4. The average Bonchev–Trinajstić information content (AvgIpc) is 3.22. The molecular weight excluding hydrogens is 816 g/mol. The van der Waals surface area contributed by atoms with Crippen LogP contribution in [-0.2, 0) is 44.7 Å². The number of rotatable bonds is 7. The number of carbonyl (C=O) groups is 7. The van der Waals surface area contributed by atoms with Crippen LogP contribution in [0.1, 0.15) is 101 Å². The van der Waals surface area contributed by atoms with Crippen LogP contribution < -0.4 is 16.0 Å². The van der Waals surface area contributed by atoms with E-state index in [0.717, 1.165) is 4.90 Å². The van der Waals surface area contributed by atoms with Gasteiger partial charge in [0.1, 0.15) is 35.8 Å². The SMILES string of the molecule is C/C=C(\C)[C@H]1OC(=O)C(C)(C)NC(=O)C([C@@H](C)CC)NC(=O)CN(C)C(=O)[C@@H](Cc2ccc(Cl)cc2)N(C)C(=O)[C@H](C)NC(=O)[C@@H](CC(C)C)N(C)C(=O)/C(C)=C/C[C@H](O)[C@@H]1C. The van der Waals surface area contributed by atoms with Crippen LogP contribution in [0.4, 0.5) is 0 Å². The van der Waals surface area contributed by atoms with E-state index in [2.05, 4.69) is 16.0 Å². The minimum absolute atomic E-state index is 0.0120. The van der Waals surface area contributed by atoms with Crippen molar-refractivity contribution in [2.45, 2.75) is 144 Å². The highest BCUT2D eigenvalue weighted by Gasteiger charge is 2.40. The number of nitrogens with zero attached hydrogens (tertiary/aromatic N) is 3. The molecule has 0 aliphatic carbocycles. The molecule has 1 aromatic carbocycles. The van der Waals surface area contributed by atoms with E-state index >= 15 is 0 Å². The second kappa shape index (κ2) is 23.6. The van der Waals surface area contributed by atoms with Gasteiger partial charge in [0.05, 0.1) is 12.6 Å². The number of benzene rings is 1. The number of halogens is 1. The van der Waals surface area contributed by atoms with Crippen molar-refractivity contribution in [1.82, 2.24) is 30.7 Å². The minimum Gasteiger partial charge on any atom is -0.456 e. The number of likely N-dealkylation sites (N-methyl/N-ethyl adjacent to an activating group) is 3. The van der Waals surface area contributed by atoms with Gasteiger partial charge in [-0.15, -0.1) is 0 Å². The van der Waals surface area contributed by atoms with E-state index < -0.39 is 102 Å². The van der Waals surface area contributed by atoms with Crippen LogP contribution >= 0.6 is 11.6 Å². The van der Waals surface area contributed by atoms with Gasteiger partial charge >= 0.3 is 5.97 Å². The largest absolute Gasteiger partial charge is 0.456 e. The summed E-state index contributed by atoms with van der Waals surface area (Å²) in [5, 5.41) is 20.1. The molecule has 2 rings (SSSR count). The maximum atomic E-state index is 14.3. The van der Waals surface area contributed by atoms with Crippen LogP contribution in [0, 0.1) is 17.8 Å². The first-order valence-electron chi connectivity index (χ1n) is 21.4. The van der Waals surface area contributed by atoms with E-state index in [4.69, 9.17) is 16.3 Å². The molecule has 6 amide bonds. The van der Waals surface area contributed by atoms with Gasteiger partial charge in [-0.05, 0) is 89.5 Å². The summed E-state index contributed by atoms with van der Waals surface area (Å²) in [6.45, 7) is 18.2. The lowest BCUT2D eigenvalue weighted by atomic mass is 9.90. The minimum atomic E-state index is -1.59. The summed E-state index contributed by atoms with van der Waals surface area (Å²) in [6, 6.07) is 2.39. The number of amides is 6. The van der Waals surface area contributed by atoms with Crippen molar-refractivity contribution >= 4 is 53.0 Å². The first-order valence-corrected chi connectivity index (χ1v) is 21.8. The van der Waals surface area contributed by atoms with Gasteiger partial charge in [-0.2, -0.15) is 0 Å². The zero-order chi connectivity index (χ0) is 47.4. The summed E-state index contributed by atoms with van der Waals surface area (Å²) in [6.07, 6.45) is 2.14. The fourth-order valence-corrected chi connectivity index (χ4v) is 7.25. The van der Waals surface area contributed by atoms with E-state index in [1.807, 2.05) is 20.8 Å². The van der Waals surface area contributed by atoms with E-state index in [1.54, 1.807) is 71.0 Å². The van der Waals surface area contributed by atoms with Gasteiger partial charge in [0, 0.05) is 44.1 Å². The van der Waals surface area contributed by atoms with Crippen molar-refractivity contribution in [3.05, 3.63) is 58.1 Å².